The monoisotopic (exact) mass is 223 g/mol. The fourth-order valence-electron chi connectivity index (χ4n) is 2.42. The van der Waals surface area contributed by atoms with E-state index in [0.29, 0.717) is 6.04 Å². The number of aryl methyl sites for hydroxylation is 1. The second-order valence-electron chi connectivity index (χ2n) is 4.86. The van der Waals surface area contributed by atoms with Gasteiger partial charge >= 0.3 is 0 Å². The number of nitrogens with two attached hydrogens (primary N) is 1. The Morgan fingerprint density at radius 2 is 2.44 bits per heavy atom. The molecule has 1 aromatic rings. The molecule has 0 bridgehead atoms. The van der Waals surface area contributed by atoms with Gasteiger partial charge in [-0.1, -0.05) is 11.6 Å². The zero-order chi connectivity index (χ0) is 11.4. The smallest absolute Gasteiger partial charge is 0.150 e. The molecule has 1 aliphatic carbocycles. The topological polar surface area (TPSA) is 64.1 Å². The van der Waals surface area contributed by atoms with E-state index in [4.69, 9.17) is 10.3 Å². The number of nitrogens with one attached hydrogen (secondary N) is 1. The molecular weight excluding hydrogens is 202 g/mol. The molecular formula is C12H21N3O. The molecule has 0 aliphatic heterocycles. The van der Waals surface area contributed by atoms with Gasteiger partial charge in [0.15, 0.2) is 5.76 Å². The fourth-order valence-corrected chi connectivity index (χ4v) is 2.42. The van der Waals surface area contributed by atoms with Crippen LogP contribution in [0.15, 0.2) is 10.6 Å². The molecule has 4 nitrogen and oxygen atoms in total. The lowest BCUT2D eigenvalue weighted by Gasteiger charge is -2.26. The summed E-state index contributed by atoms with van der Waals surface area (Å²) < 4.78 is 5.14. The maximum Gasteiger partial charge on any atom is 0.150 e. The molecule has 1 fully saturated rings. The highest BCUT2D eigenvalue weighted by Gasteiger charge is 2.18. The molecule has 0 aromatic carbocycles. The molecule has 0 amide bonds. The summed E-state index contributed by atoms with van der Waals surface area (Å²) >= 11 is 0. The molecule has 1 aliphatic rings. The maximum atomic E-state index is 5.96. The minimum Gasteiger partial charge on any atom is -0.360 e. The Hall–Kier alpha value is -0.870. The van der Waals surface area contributed by atoms with Crippen molar-refractivity contribution in [2.45, 2.75) is 45.2 Å². The van der Waals surface area contributed by atoms with E-state index < -0.39 is 0 Å². The van der Waals surface area contributed by atoms with Crippen molar-refractivity contribution in [2.24, 2.45) is 11.7 Å². The van der Waals surface area contributed by atoms with Crippen molar-refractivity contribution in [1.29, 1.82) is 0 Å². The van der Waals surface area contributed by atoms with Crippen LogP contribution < -0.4 is 11.1 Å². The van der Waals surface area contributed by atoms with E-state index in [1.54, 1.807) is 0 Å². The first-order valence-electron chi connectivity index (χ1n) is 6.12. The molecule has 4 heteroatoms. The first-order valence-corrected chi connectivity index (χ1v) is 6.12. The number of rotatable bonds is 4. The Labute approximate surface area is 96.6 Å². The van der Waals surface area contributed by atoms with Gasteiger partial charge in [0.05, 0.1) is 12.2 Å². The molecule has 90 valence electrons. The average Bonchev–Trinajstić information content (AvgIpc) is 2.64. The summed E-state index contributed by atoms with van der Waals surface area (Å²) in [4.78, 5) is 0. The highest BCUT2D eigenvalue weighted by atomic mass is 16.5. The predicted octanol–water partition coefficient (Wildman–Crippen LogP) is 1.59. The van der Waals surface area contributed by atoms with Crippen molar-refractivity contribution in [3.05, 3.63) is 17.5 Å². The van der Waals surface area contributed by atoms with Gasteiger partial charge in [0.25, 0.3) is 0 Å². The third kappa shape index (κ3) is 3.32. The molecule has 2 atom stereocenters. The third-order valence-corrected chi connectivity index (χ3v) is 3.23. The Morgan fingerprint density at radius 1 is 1.56 bits per heavy atom. The van der Waals surface area contributed by atoms with Crippen LogP contribution in [0.4, 0.5) is 0 Å². The Morgan fingerprint density at radius 3 is 3.12 bits per heavy atom. The van der Waals surface area contributed by atoms with Gasteiger partial charge in [-0.25, -0.2) is 0 Å². The summed E-state index contributed by atoms with van der Waals surface area (Å²) in [6.07, 6.45) is 4.92. The zero-order valence-corrected chi connectivity index (χ0v) is 9.91. The van der Waals surface area contributed by atoms with Crippen LogP contribution in [0.1, 0.15) is 37.1 Å². The summed E-state index contributed by atoms with van der Waals surface area (Å²) in [6, 6.07) is 2.38. The van der Waals surface area contributed by atoms with Crippen LogP contribution in [0.2, 0.25) is 0 Å². The highest BCUT2D eigenvalue weighted by molar-refractivity contribution is 5.02. The third-order valence-electron chi connectivity index (χ3n) is 3.23. The maximum absolute atomic E-state index is 5.96. The number of nitrogens with zero attached hydrogens (tertiary/aromatic N) is 1. The summed E-state index contributed by atoms with van der Waals surface area (Å²) in [5.74, 6) is 1.64. The summed E-state index contributed by atoms with van der Waals surface area (Å²) in [6.45, 7) is 3.74. The molecule has 1 aromatic heterocycles. The lowest BCUT2D eigenvalue weighted by molar-refractivity contribution is 0.302. The minimum absolute atomic E-state index is 0.410. The quantitative estimate of drug-likeness (QED) is 0.813. The average molecular weight is 223 g/mol. The van der Waals surface area contributed by atoms with Crippen molar-refractivity contribution >= 4 is 0 Å². The van der Waals surface area contributed by atoms with Crippen LogP contribution >= 0.6 is 0 Å². The molecule has 0 spiro atoms. The molecule has 1 heterocycles. The normalized spacial score (nSPS) is 25.9. The minimum atomic E-state index is 0.410. The van der Waals surface area contributed by atoms with Crippen LogP contribution in [0, 0.1) is 12.8 Å². The van der Waals surface area contributed by atoms with Gasteiger partial charge in [0.2, 0.25) is 0 Å². The Balaban J connectivity index is 1.67. The zero-order valence-electron chi connectivity index (χ0n) is 9.91. The number of hydrogen-bond acceptors (Lipinski definition) is 4. The summed E-state index contributed by atoms with van der Waals surface area (Å²) in [5, 5.41) is 7.28. The molecule has 1 saturated carbocycles. The molecule has 2 rings (SSSR count). The van der Waals surface area contributed by atoms with Crippen molar-refractivity contribution < 1.29 is 4.52 Å². The molecule has 16 heavy (non-hydrogen) atoms. The standard InChI is InChI=1S/C12H21N3O/c1-9-5-12(16-15-9)8-14-7-10-3-2-4-11(13)6-10/h5,10-11,14H,2-4,6-8,13H2,1H3. The first kappa shape index (κ1) is 11.6. The van der Waals surface area contributed by atoms with Gasteiger partial charge in [-0.05, 0) is 38.6 Å². The summed E-state index contributed by atoms with van der Waals surface area (Å²) in [7, 11) is 0. The van der Waals surface area contributed by atoms with E-state index >= 15 is 0 Å². The van der Waals surface area contributed by atoms with Gasteiger partial charge < -0.3 is 15.6 Å². The van der Waals surface area contributed by atoms with E-state index in [-0.39, 0.29) is 0 Å². The number of hydrogen-bond donors (Lipinski definition) is 2. The van der Waals surface area contributed by atoms with Crippen LogP contribution in [0.25, 0.3) is 0 Å². The Kier molecular flexibility index (Phi) is 3.96. The molecule has 0 radical (unpaired) electrons. The van der Waals surface area contributed by atoms with Gasteiger partial charge in [0.1, 0.15) is 0 Å². The number of aromatic nitrogens is 1. The van der Waals surface area contributed by atoms with Crippen LogP contribution in [-0.4, -0.2) is 17.7 Å². The van der Waals surface area contributed by atoms with E-state index in [2.05, 4.69) is 10.5 Å². The van der Waals surface area contributed by atoms with Gasteiger partial charge in [-0.3, -0.25) is 0 Å². The van der Waals surface area contributed by atoms with Crippen LogP contribution in [0.5, 0.6) is 0 Å². The van der Waals surface area contributed by atoms with Crippen molar-refractivity contribution in [3.8, 4) is 0 Å². The largest absolute Gasteiger partial charge is 0.360 e. The van der Waals surface area contributed by atoms with E-state index in [1.165, 1.54) is 19.3 Å². The second kappa shape index (κ2) is 5.46. The van der Waals surface area contributed by atoms with Crippen LogP contribution in [0.3, 0.4) is 0 Å². The lowest BCUT2D eigenvalue weighted by atomic mass is 9.86. The second-order valence-corrected chi connectivity index (χ2v) is 4.86. The van der Waals surface area contributed by atoms with E-state index in [9.17, 15) is 0 Å². The van der Waals surface area contributed by atoms with Crippen LogP contribution in [-0.2, 0) is 6.54 Å². The summed E-state index contributed by atoms with van der Waals surface area (Å²) in [5.41, 5.74) is 6.90. The molecule has 0 saturated heterocycles. The van der Waals surface area contributed by atoms with Gasteiger partial charge in [-0.15, -0.1) is 0 Å². The first-order chi connectivity index (χ1) is 7.74. The van der Waals surface area contributed by atoms with E-state index in [1.807, 2.05) is 13.0 Å². The van der Waals surface area contributed by atoms with E-state index in [0.717, 1.165) is 36.9 Å². The molecule has 3 N–H and O–H groups in total. The van der Waals surface area contributed by atoms with Crippen molar-refractivity contribution in [3.63, 3.8) is 0 Å². The highest BCUT2D eigenvalue weighted by Crippen LogP contribution is 2.22. The van der Waals surface area contributed by atoms with Gasteiger partial charge in [0, 0.05) is 12.1 Å². The van der Waals surface area contributed by atoms with Crippen molar-refractivity contribution in [1.82, 2.24) is 10.5 Å². The predicted molar refractivity (Wildman–Crippen MR) is 62.9 cm³/mol. The lowest BCUT2D eigenvalue weighted by Crippen LogP contribution is -2.33. The molecule has 2 unspecified atom stereocenters. The van der Waals surface area contributed by atoms with Gasteiger partial charge in [-0.2, -0.15) is 0 Å². The fraction of sp³-hybridized carbons (Fsp3) is 0.750. The van der Waals surface area contributed by atoms with Crippen molar-refractivity contribution in [2.75, 3.05) is 6.54 Å². The Bertz CT molecular complexity index is 324. The SMILES string of the molecule is Cc1cc(CNCC2CCCC(N)C2)on1.